The SMILES string of the molecule is O=C(c1ccc(N2C(=O)CCC2=O)cc1)N1CCC(Oc2ncc(F)cn2)CC1. The molecule has 0 aliphatic carbocycles. The molecule has 0 spiro atoms. The summed E-state index contributed by atoms with van der Waals surface area (Å²) in [5.41, 5.74) is 0.981. The van der Waals surface area contributed by atoms with Gasteiger partial charge in [-0.1, -0.05) is 0 Å². The molecule has 2 aliphatic heterocycles. The van der Waals surface area contributed by atoms with Gasteiger partial charge in [0, 0.05) is 44.3 Å². The highest BCUT2D eigenvalue weighted by Crippen LogP contribution is 2.24. The van der Waals surface area contributed by atoms with Crippen molar-refractivity contribution in [3.8, 4) is 6.01 Å². The number of anilines is 1. The van der Waals surface area contributed by atoms with E-state index in [1.165, 1.54) is 0 Å². The number of aromatic nitrogens is 2. The van der Waals surface area contributed by atoms with E-state index in [0.29, 0.717) is 37.2 Å². The minimum atomic E-state index is -0.526. The molecule has 3 heterocycles. The molecular weight excluding hydrogens is 379 g/mol. The standard InChI is InChI=1S/C20H19FN4O4/c21-14-11-22-20(23-12-14)29-16-7-9-24(10-8-16)19(28)13-1-3-15(4-2-13)25-17(26)5-6-18(25)27/h1-4,11-12,16H,5-10H2. The fourth-order valence-corrected chi connectivity index (χ4v) is 3.49. The topological polar surface area (TPSA) is 92.7 Å². The molecule has 2 saturated heterocycles. The van der Waals surface area contributed by atoms with Crippen LogP contribution < -0.4 is 9.64 Å². The van der Waals surface area contributed by atoms with Crippen LogP contribution in [-0.4, -0.2) is 51.8 Å². The summed E-state index contributed by atoms with van der Waals surface area (Å²) in [6, 6.07) is 6.63. The third kappa shape index (κ3) is 4.08. The van der Waals surface area contributed by atoms with E-state index in [4.69, 9.17) is 4.74 Å². The third-order valence-corrected chi connectivity index (χ3v) is 5.02. The Bertz CT molecular complexity index is 909. The van der Waals surface area contributed by atoms with E-state index in [2.05, 4.69) is 9.97 Å². The van der Waals surface area contributed by atoms with Crippen LogP contribution in [0.5, 0.6) is 6.01 Å². The van der Waals surface area contributed by atoms with Crippen molar-refractivity contribution in [1.82, 2.24) is 14.9 Å². The Morgan fingerprint density at radius 3 is 2.17 bits per heavy atom. The molecule has 29 heavy (non-hydrogen) atoms. The Hall–Kier alpha value is -3.36. The van der Waals surface area contributed by atoms with Crippen molar-refractivity contribution in [3.63, 3.8) is 0 Å². The van der Waals surface area contributed by atoms with Gasteiger partial charge in [0.15, 0.2) is 5.82 Å². The molecule has 1 aromatic heterocycles. The zero-order valence-corrected chi connectivity index (χ0v) is 15.6. The predicted octanol–water partition coefficient (Wildman–Crippen LogP) is 1.95. The van der Waals surface area contributed by atoms with E-state index >= 15 is 0 Å². The number of likely N-dealkylation sites (tertiary alicyclic amines) is 1. The van der Waals surface area contributed by atoms with E-state index in [1.807, 2.05) is 0 Å². The fraction of sp³-hybridized carbons (Fsp3) is 0.350. The predicted molar refractivity (Wildman–Crippen MR) is 99.7 cm³/mol. The molecule has 0 radical (unpaired) electrons. The van der Waals surface area contributed by atoms with Crippen LogP contribution in [0.2, 0.25) is 0 Å². The first-order chi connectivity index (χ1) is 14.0. The maximum absolute atomic E-state index is 12.9. The van der Waals surface area contributed by atoms with Gasteiger partial charge in [0.1, 0.15) is 6.10 Å². The molecule has 8 nitrogen and oxygen atoms in total. The molecule has 0 atom stereocenters. The number of amides is 3. The van der Waals surface area contributed by atoms with Gasteiger partial charge in [-0.15, -0.1) is 0 Å². The molecule has 0 unspecified atom stereocenters. The van der Waals surface area contributed by atoms with Gasteiger partial charge in [-0.25, -0.2) is 14.4 Å². The minimum absolute atomic E-state index is 0.118. The van der Waals surface area contributed by atoms with Gasteiger partial charge in [-0.05, 0) is 24.3 Å². The second kappa shape index (κ2) is 7.94. The number of halogens is 1. The van der Waals surface area contributed by atoms with Gasteiger partial charge < -0.3 is 9.64 Å². The summed E-state index contributed by atoms with van der Waals surface area (Å²) < 4.78 is 18.5. The van der Waals surface area contributed by atoms with E-state index in [-0.39, 0.29) is 42.7 Å². The van der Waals surface area contributed by atoms with E-state index in [0.717, 1.165) is 17.3 Å². The Morgan fingerprint density at radius 1 is 1.00 bits per heavy atom. The van der Waals surface area contributed by atoms with Crippen LogP contribution in [0.4, 0.5) is 10.1 Å². The zero-order chi connectivity index (χ0) is 20.4. The fourth-order valence-electron chi connectivity index (χ4n) is 3.49. The maximum Gasteiger partial charge on any atom is 0.316 e. The summed E-state index contributed by atoms with van der Waals surface area (Å²) in [7, 11) is 0. The van der Waals surface area contributed by atoms with Crippen molar-refractivity contribution in [1.29, 1.82) is 0 Å². The Morgan fingerprint density at radius 2 is 1.59 bits per heavy atom. The number of benzene rings is 1. The summed E-state index contributed by atoms with van der Waals surface area (Å²) >= 11 is 0. The minimum Gasteiger partial charge on any atom is -0.460 e. The zero-order valence-electron chi connectivity index (χ0n) is 15.6. The van der Waals surface area contributed by atoms with E-state index < -0.39 is 5.82 Å². The smallest absolute Gasteiger partial charge is 0.316 e. The normalized spacial score (nSPS) is 17.7. The van der Waals surface area contributed by atoms with Gasteiger partial charge in [0.05, 0.1) is 18.1 Å². The Kier molecular flexibility index (Phi) is 5.20. The maximum atomic E-state index is 12.9. The van der Waals surface area contributed by atoms with Gasteiger partial charge in [0.25, 0.3) is 5.91 Å². The quantitative estimate of drug-likeness (QED) is 0.731. The van der Waals surface area contributed by atoms with Crippen LogP contribution in [0.3, 0.4) is 0 Å². The Balaban J connectivity index is 1.34. The summed E-state index contributed by atoms with van der Waals surface area (Å²) in [5, 5.41) is 0. The van der Waals surface area contributed by atoms with Crippen molar-refractivity contribution >= 4 is 23.4 Å². The number of imide groups is 1. The number of carbonyl (C=O) groups is 3. The van der Waals surface area contributed by atoms with Crippen LogP contribution in [0.25, 0.3) is 0 Å². The lowest BCUT2D eigenvalue weighted by atomic mass is 10.1. The largest absolute Gasteiger partial charge is 0.460 e. The second-order valence-electron chi connectivity index (χ2n) is 6.96. The molecule has 150 valence electrons. The highest BCUT2D eigenvalue weighted by Gasteiger charge is 2.30. The summed E-state index contributed by atoms with van der Waals surface area (Å²) in [6.45, 7) is 1.02. The van der Waals surface area contributed by atoms with Gasteiger partial charge in [0.2, 0.25) is 11.8 Å². The monoisotopic (exact) mass is 398 g/mol. The number of ether oxygens (including phenoxy) is 1. The van der Waals surface area contributed by atoms with Crippen LogP contribution >= 0.6 is 0 Å². The lowest BCUT2D eigenvalue weighted by Gasteiger charge is -2.31. The number of hydrogen-bond acceptors (Lipinski definition) is 6. The summed E-state index contributed by atoms with van der Waals surface area (Å²) in [6.07, 6.45) is 3.63. The first kappa shape index (κ1) is 19.0. The van der Waals surface area contributed by atoms with Crippen molar-refractivity contribution in [2.24, 2.45) is 0 Å². The molecule has 3 amide bonds. The van der Waals surface area contributed by atoms with Crippen molar-refractivity contribution in [2.75, 3.05) is 18.0 Å². The number of piperidine rings is 1. The molecular formula is C20H19FN4O4. The first-order valence-corrected chi connectivity index (χ1v) is 9.40. The number of carbonyl (C=O) groups excluding carboxylic acids is 3. The summed E-state index contributed by atoms with van der Waals surface area (Å²) in [5.74, 6) is -1.09. The van der Waals surface area contributed by atoms with E-state index in [9.17, 15) is 18.8 Å². The van der Waals surface area contributed by atoms with Crippen molar-refractivity contribution < 1.29 is 23.5 Å². The highest BCUT2D eigenvalue weighted by molar-refractivity contribution is 6.19. The van der Waals surface area contributed by atoms with Crippen LogP contribution in [0.1, 0.15) is 36.0 Å². The van der Waals surface area contributed by atoms with Gasteiger partial charge in [-0.3, -0.25) is 19.3 Å². The number of rotatable bonds is 4. The van der Waals surface area contributed by atoms with Crippen molar-refractivity contribution in [2.45, 2.75) is 31.8 Å². The molecule has 0 saturated carbocycles. The van der Waals surface area contributed by atoms with Crippen LogP contribution in [0.15, 0.2) is 36.7 Å². The molecule has 9 heteroatoms. The Labute approximate surface area is 166 Å². The molecule has 0 N–H and O–H groups in total. The van der Waals surface area contributed by atoms with Gasteiger partial charge in [-0.2, -0.15) is 0 Å². The van der Waals surface area contributed by atoms with Crippen LogP contribution in [-0.2, 0) is 9.59 Å². The average Bonchev–Trinajstić information content (AvgIpc) is 3.08. The molecule has 0 bridgehead atoms. The van der Waals surface area contributed by atoms with E-state index in [1.54, 1.807) is 29.2 Å². The number of nitrogens with zero attached hydrogens (tertiary/aromatic N) is 4. The van der Waals surface area contributed by atoms with Gasteiger partial charge >= 0.3 is 6.01 Å². The van der Waals surface area contributed by atoms with Crippen molar-refractivity contribution in [3.05, 3.63) is 48.0 Å². The summed E-state index contributed by atoms with van der Waals surface area (Å²) in [4.78, 5) is 46.8. The lowest BCUT2D eigenvalue weighted by molar-refractivity contribution is -0.121. The second-order valence-corrected chi connectivity index (χ2v) is 6.96. The molecule has 4 rings (SSSR count). The molecule has 2 aromatic rings. The first-order valence-electron chi connectivity index (χ1n) is 9.40. The molecule has 2 aliphatic rings. The molecule has 2 fully saturated rings. The lowest BCUT2D eigenvalue weighted by Crippen LogP contribution is -2.42. The average molecular weight is 398 g/mol. The molecule has 1 aromatic carbocycles. The highest BCUT2D eigenvalue weighted by atomic mass is 19.1. The van der Waals surface area contributed by atoms with Crippen LogP contribution in [0, 0.1) is 5.82 Å². The number of hydrogen-bond donors (Lipinski definition) is 0. The third-order valence-electron chi connectivity index (χ3n) is 5.02.